The fourth-order valence-corrected chi connectivity index (χ4v) is 3.16. The molecule has 0 N–H and O–H groups in total. The molecule has 1 aromatic rings. The average Bonchev–Trinajstić information content (AvgIpc) is 2.63. The molecule has 1 aliphatic heterocycles. The first kappa shape index (κ1) is 19.8. The van der Waals surface area contributed by atoms with Crippen LogP contribution in [0.25, 0.3) is 0 Å². The van der Waals surface area contributed by atoms with Gasteiger partial charge in [0.1, 0.15) is 0 Å². The number of hydrogen-bond donors (Lipinski definition) is 0. The van der Waals surface area contributed by atoms with E-state index < -0.39 is 35.5 Å². The van der Waals surface area contributed by atoms with Crippen LogP contribution in [0.4, 0.5) is 13.2 Å². The van der Waals surface area contributed by atoms with Crippen molar-refractivity contribution in [3.05, 3.63) is 60.0 Å². The smallest absolute Gasteiger partial charge is 0.330 e. The van der Waals surface area contributed by atoms with Crippen LogP contribution in [0.5, 0.6) is 0 Å². The first-order valence-electron chi connectivity index (χ1n) is 8.21. The number of amides is 1. The molecule has 0 unspecified atom stereocenters. The number of nitrogens with zero attached hydrogens (tertiary/aromatic N) is 1. The monoisotopic (exact) mass is 367 g/mol. The normalized spacial score (nSPS) is 20.2. The molecule has 0 aromatic heterocycles. The van der Waals surface area contributed by atoms with E-state index in [1.807, 2.05) is 0 Å². The summed E-state index contributed by atoms with van der Waals surface area (Å²) < 4.78 is 45.1. The van der Waals surface area contributed by atoms with Crippen LogP contribution in [0, 0.1) is 17.5 Å². The summed E-state index contributed by atoms with van der Waals surface area (Å²) in [6.45, 7) is 3.54. The molecule has 1 saturated heterocycles. The Morgan fingerprint density at radius 3 is 2.50 bits per heavy atom. The first-order valence-corrected chi connectivity index (χ1v) is 8.21. The maximum absolute atomic E-state index is 13.7. The Morgan fingerprint density at radius 2 is 1.92 bits per heavy atom. The molecule has 0 spiro atoms. The molecular weight excluding hydrogens is 347 g/mol. The molecule has 0 radical (unpaired) electrons. The molecule has 2 atom stereocenters. The highest BCUT2D eigenvalue weighted by Crippen LogP contribution is 2.36. The Kier molecular flexibility index (Phi) is 6.60. The Morgan fingerprint density at radius 1 is 1.27 bits per heavy atom. The van der Waals surface area contributed by atoms with E-state index in [4.69, 9.17) is 0 Å². The molecule has 26 heavy (non-hydrogen) atoms. The van der Waals surface area contributed by atoms with Gasteiger partial charge in [-0.15, -0.1) is 6.58 Å². The van der Waals surface area contributed by atoms with Crippen molar-refractivity contribution in [2.75, 3.05) is 7.11 Å². The van der Waals surface area contributed by atoms with Crippen molar-refractivity contribution in [1.29, 1.82) is 0 Å². The third-order valence-electron chi connectivity index (χ3n) is 4.32. The fraction of sp³-hybridized carbons (Fsp3) is 0.368. The zero-order chi connectivity index (χ0) is 19.3. The van der Waals surface area contributed by atoms with Crippen LogP contribution in [-0.2, 0) is 14.3 Å². The first-order chi connectivity index (χ1) is 12.4. The van der Waals surface area contributed by atoms with Gasteiger partial charge in [0.05, 0.1) is 19.2 Å². The molecule has 2 rings (SSSR count). The quantitative estimate of drug-likeness (QED) is 0.344. The highest BCUT2D eigenvalue weighted by molar-refractivity contribution is 5.82. The Hall–Kier alpha value is -2.57. The minimum atomic E-state index is -1.55. The van der Waals surface area contributed by atoms with Gasteiger partial charge in [0, 0.05) is 12.5 Å². The molecule has 0 bridgehead atoms. The van der Waals surface area contributed by atoms with Gasteiger partial charge in [0.15, 0.2) is 17.5 Å². The zero-order valence-corrected chi connectivity index (χ0v) is 14.4. The summed E-state index contributed by atoms with van der Waals surface area (Å²) in [4.78, 5) is 25.4. The second-order valence-corrected chi connectivity index (χ2v) is 5.99. The van der Waals surface area contributed by atoms with E-state index in [1.54, 1.807) is 0 Å². The minimum Gasteiger partial charge on any atom is -0.466 e. The SMILES string of the molecule is C=CCC(=O)N1[C@@H](/C=C\C(=O)OC)CCC[C@H]1c1cc(F)c(F)c(F)c1. The van der Waals surface area contributed by atoms with Gasteiger partial charge < -0.3 is 9.64 Å². The number of rotatable bonds is 5. The molecule has 1 amide bonds. The van der Waals surface area contributed by atoms with Gasteiger partial charge in [-0.2, -0.15) is 0 Å². The molecule has 0 saturated carbocycles. The second-order valence-electron chi connectivity index (χ2n) is 5.99. The van der Waals surface area contributed by atoms with Gasteiger partial charge >= 0.3 is 5.97 Å². The minimum absolute atomic E-state index is 0.0330. The van der Waals surface area contributed by atoms with Gasteiger partial charge in [0.2, 0.25) is 5.91 Å². The summed E-state index contributed by atoms with van der Waals surface area (Å²) in [7, 11) is 1.24. The fourth-order valence-electron chi connectivity index (χ4n) is 3.16. The van der Waals surface area contributed by atoms with E-state index in [0.29, 0.717) is 19.3 Å². The Labute approximate surface area is 149 Å². The number of halogens is 3. The predicted molar refractivity (Wildman–Crippen MR) is 89.5 cm³/mol. The lowest BCUT2D eigenvalue weighted by Gasteiger charge is -2.41. The van der Waals surface area contributed by atoms with Gasteiger partial charge in [-0.3, -0.25) is 4.79 Å². The average molecular weight is 367 g/mol. The number of ether oxygens (including phenoxy) is 1. The van der Waals surface area contributed by atoms with Crippen LogP contribution >= 0.6 is 0 Å². The summed E-state index contributed by atoms with van der Waals surface area (Å²) in [6.07, 6.45) is 5.93. The molecule has 1 aromatic carbocycles. The summed E-state index contributed by atoms with van der Waals surface area (Å²) in [6, 6.07) is 0.734. The van der Waals surface area contributed by atoms with Gasteiger partial charge in [-0.25, -0.2) is 18.0 Å². The van der Waals surface area contributed by atoms with Gasteiger partial charge in [-0.05, 0) is 37.0 Å². The lowest BCUT2D eigenvalue weighted by molar-refractivity contribution is -0.137. The number of likely N-dealkylation sites (tertiary alicyclic amines) is 1. The second kappa shape index (κ2) is 8.69. The van der Waals surface area contributed by atoms with Crippen LogP contribution < -0.4 is 0 Å². The third-order valence-corrected chi connectivity index (χ3v) is 4.32. The van der Waals surface area contributed by atoms with Crippen LogP contribution in [0.1, 0.15) is 37.3 Å². The number of carbonyl (C=O) groups excluding carboxylic acids is 2. The maximum atomic E-state index is 13.7. The molecule has 4 nitrogen and oxygen atoms in total. The lowest BCUT2D eigenvalue weighted by atomic mass is 9.90. The summed E-state index contributed by atoms with van der Waals surface area (Å²) in [5, 5.41) is 0. The van der Waals surface area contributed by atoms with E-state index in [9.17, 15) is 22.8 Å². The summed E-state index contributed by atoms with van der Waals surface area (Å²) in [5.74, 6) is -5.01. The highest BCUT2D eigenvalue weighted by Gasteiger charge is 2.34. The van der Waals surface area contributed by atoms with E-state index >= 15 is 0 Å². The van der Waals surface area contributed by atoms with Crippen molar-refractivity contribution >= 4 is 11.9 Å². The number of benzene rings is 1. The van der Waals surface area contributed by atoms with Crippen molar-refractivity contribution < 1.29 is 27.5 Å². The van der Waals surface area contributed by atoms with Gasteiger partial charge in [0.25, 0.3) is 0 Å². The van der Waals surface area contributed by atoms with E-state index in [1.165, 1.54) is 30.2 Å². The van der Waals surface area contributed by atoms with E-state index in [-0.39, 0.29) is 17.9 Å². The van der Waals surface area contributed by atoms with Crippen LogP contribution in [0.2, 0.25) is 0 Å². The molecular formula is C19H20F3NO3. The standard InChI is InChI=1S/C19H20F3NO3/c1-3-5-17(24)23-13(8-9-18(25)26-2)6-4-7-16(23)12-10-14(20)19(22)15(21)11-12/h3,8-11,13,16H,1,4-7H2,2H3/b9-8-/t13-,16+/m1/s1. The largest absolute Gasteiger partial charge is 0.466 e. The summed E-state index contributed by atoms with van der Waals surface area (Å²) in [5.41, 5.74) is 0.176. The van der Waals surface area contributed by atoms with Crippen molar-refractivity contribution in [3.63, 3.8) is 0 Å². The number of carbonyl (C=O) groups is 2. The third kappa shape index (κ3) is 4.33. The Balaban J connectivity index is 2.42. The van der Waals surface area contributed by atoms with Crippen molar-refractivity contribution in [1.82, 2.24) is 4.90 Å². The van der Waals surface area contributed by atoms with Crippen molar-refractivity contribution in [2.24, 2.45) is 0 Å². The number of piperidine rings is 1. The number of methoxy groups -OCH3 is 1. The van der Waals surface area contributed by atoms with Crippen LogP contribution in [0.3, 0.4) is 0 Å². The topological polar surface area (TPSA) is 46.6 Å². The molecule has 1 aliphatic rings. The zero-order valence-electron chi connectivity index (χ0n) is 14.4. The molecule has 1 heterocycles. The lowest BCUT2D eigenvalue weighted by Crippen LogP contribution is -2.44. The van der Waals surface area contributed by atoms with Crippen LogP contribution in [-0.4, -0.2) is 29.9 Å². The molecule has 0 aliphatic carbocycles. The van der Waals surface area contributed by atoms with Gasteiger partial charge in [-0.1, -0.05) is 12.2 Å². The number of esters is 1. The maximum Gasteiger partial charge on any atom is 0.330 e. The van der Waals surface area contributed by atoms with E-state index in [2.05, 4.69) is 11.3 Å². The van der Waals surface area contributed by atoms with E-state index in [0.717, 1.165) is 12.1 Å². The molecule has 140 valence electrons. The highest BCUT2D eigenvalue weighted by atomic mass is 19.2. The van der Waals surface area contributed by atoms with Crippen molar-refractivity contribution in [3.8, 4) is 0 Å². The molecule has 7 heteroatoms. The molecule has 1 fully saturated rings. The number of hydrogen-bond acceptors (Lipinski definition) is 3. The summed E-state index contributed by atoms with van der Waals surface area (Å²) >= 11 is 0. The predicted octanol–water partition coefficient (Wildman–Crippen LogP) is 3.83. The van der Waals surface area contributed by atoms with Crippen molar-refractivity contribution in [2.45, 2.75) is 37.8 Å². The Bertz CT molecular complexity index is 710. The van der Waals surface area contributed by atoms with Crippen LogP contribution in [0.15, 0.2) is 36.9 Å².